The van der Waals surface area contributed by atoms with Crippen LogP contribution in [0.1, 0.15) is 13.8 Å². The maximum atomic E-state index is 12.2. The average molecular weight is 398 g/mol. The van der Waals surface area contributed by atoms with Gasteiger partial charge in [0, 0.05) is 18.3 Å². The predicted octanol–water partition coefficient (Wildman–Crippen LogP) is 3.74. The normalized spacial score (nSPS) is 10.9. The third kappa shape index (κ3) is 5.10. The maximum absolute atomic E-state index is 12.2. The summed E-state index contributed by atoms with van der Waals surface area (Å²) < 4.78 is 7.38. The number of ether oxygens (including phenoxy) is 1. The van der Waals surface area contributed by atoms with E-state index in [2.05, 4.69) is 38.9 Å². The van der Waals surface area contributed by atoms with Gasteiger partial charge in [-0.25, -0.2) is 0 Å². The summed E-state index contributed by atoms with van der Waals surface area (Å²) in [6, 6.07) is 11.3. The van der Waals surface area contributed by atoms with Crippen LogP contribution in [0, 0.1) is 5.92 Å². The Bertz CT molecular complexity index is 927. The van der Waals surface area contributed by atoms with Crippen LogP contribution in [0.2, 0.25) is 0 Å². The number of amides is 1. The SMILES string of the molecule is COc1cccc(-c2nnc(SCC(=O)Nc3cccnc3)n2CC(C)C)c1. The highest BCUT2D eigenvalue weighted by molar-refractivity contribution is 7.99. The van der Waals surface area contributed by atoms with Crippen molar-refractivity contribution in [2.45, 2.75) is 25.5 Å². The molecule has 0 spiro atoms. The summed E-state index contributed by atoms with van der Waals surface area (Å²) in [5.74, 6) is 2.07. The minimum atomic E-state index is -0.111. The van der Waals surface area contributed by atoms with Crippen LogP contribution in [-0.2, 0) is 11.3 Å². The molecule has 0 fully saturated rings. The molecule has 0 aliphatic heterocycles. The second kappa shape index (κ2) is 9.36. The minimum Gasteiger partial charge on any atom is -0.497 e. The van der Waals surface area contributed by atoms with Gasteiger partial charge in [-0.15, -0.1) is 10.2 Å². The zero-order valence-corrected chi connectivity index (χ0v) is 16.9. The van der Waals surface area contributed by atoms with Crippen molar-refractivity contribution < 1.29 is 9.53 Å². The fourth-order valence-electron chi connectivity index (χ4n) is 2.66. The molecule has 7 nitrogen and oxygen atoms in total. The van der Waals surface area contributed by atoms with Crippen LogP contribution in [0.4, 0.5) is 5.69 Å². The molecular weight excluding hydrogens is 374 g/mol. The van der Waals surface area contributed by atoms with Crippen LogP contribution in [-0.4, -0.2) is 38.5 Å². The molecule has 28 heavy (non-hydrogen) atoms. The van der Waals surface area contributed by atoms with Gasteiger partial charge in [0.15, 0.2) is 11.0 Å². The van der Waals surface area contributed by atoms with Crippen molar-refractivity contribution in [3.8, 4) is 17.1 Å². The molecular formula is C20H23N5O2S. The Labute approximate surface area is 168 Å². The molecule has 3 aromatic rings. The van der Waals surface area contributed by atoms with Crippen LogP contribution in [0.25, 0.3) is 11.4 Å². The van der Waals surface area contributed by atoms with E-state index in [4.69, 9.17) is 4.74 Å². The number of anilines is 1. The first-order valence-corrected chi connectivity index (χ1v) is 9.95. The van der Waals surface area contributed by atoms with E-state index in [1.165, 1.54) is 11.8 Å². The van der Waals surface area contributed by atoms with E-state index in [0.717, 1.165) is 23.7 Å². The van der Waals surface area contributed by atoms with Crippen molar-refractivity contribution in [1.29, 1.82) is 0 Å². The number of nitrogens with zero attached hydrogens (tertiary/aromatic N) is 4. The average Bonchev–Trinajstić information content (AvgIpc) is 3.09. The van der Waals surface area contributed by atoms with Crippen molar-refractivity contribution in [3.05, 3.63) is 48.8 Å². The van der Waals surface area contributed by atoms with Gasteiger partial charge in [0.05, 0.1) is 24.7 Å². The quantitative estimate of drug-likeness (QED) is 0.583. The summed E-state index contributed by atoms with van der Waals surface area (Å²) in [4.78, 5) is 16.2. The number of rotatable bonds is 8. The summed E-state index contributed by atoms with van der Waals surface area (Å²) in [5.41, 5.74) is 1.60. The van der Waals surface area contributed by atoms with Gasteiger partial charge in [-0.2, -0.15) is 0 Å². The lowest BCUT2D eigenvalue weighted by molar-refractivity contribution is -0.113. The van der Waals surface area contributed by atoms with Gasteiger partial charge in [0.2, 0.25) is 5.91 Å². The summed E-state index contributed by atoms with van der Waals surface area (Å²) in [7, 11) is 1.64. The third-order valence-corrected chi connectivity index (χ3v) is 4.84. The number of carbonyl (C=O) groups is 1. The van der Waals surface area contributed by atoms with Gasteiger partial charge < -0.3 is 14.6 Å². The first-order valence-electron chi connectivity index (χ1n) is 8.97. The highest BCUT2D eigenvalue weighted by Crippen LogP contribution is 2.27. The van der Waals surface area contributed by atoms with E-state index in [0.29, 0.717) is 16.8 Å². The standard InChI is InChI=1S/C20H23N5O2S/c1-14(2)12-25-19(15-6-4-8-17(10-15)27-3)23-24-20(25)28-13-18(26)22-16-7-5-9-21-11-16/h4-11,14H,12-13H2,1-3H3,(H,22,26). The maximum Gasteiger partial charge on any atom is 0.234 e. The molecule has 0 saturated carbocycles. The Morgan fingerprint density at radius 3 is 2.82 bits per heavy atom. The van der Waals surface area contributed by atoms with Gasteiger partial charge in [0.1, 0.15) is 5.75 Å². The van der Waals surface area contributed by atoms with Crippen LogP contribution >= 0.6 is 11.8 Å². The van der Waals surface area contributed by atoms with Crippen molar-refractivity contribution in [2.75, 3.05) is 18.2 Å². The molecule has 0 unspecified atom stereocenters. The Morgan fingerprint density at radius 1 is 1.25 bits per heavy atom. The molecule has 0 atom stereocenters. The van der Waals surface area contributed by atoms with Crippen molar-refractivity contribution in [1.82, 2.24) is 19.7 Å². The van der Waals surface area contributed by atoms with Crippen molar-refractivity contribution >= 4 is 23.4 Å². The zero-order chi connectivity index (χ0) is 19.9. The Hall–Kier alpha value is -2.87. The first kappa shape index (κ1) is 19.9. The van der Waals surface area contributed by atoms with E-state index in [1.54, 1.807) is 31.6 Å². The molecule has 1 N–H and O–H groups in total. The van der Waals surface area contributed by atoms with Crippen LogP contribution < -0.4 is 10.1 Å². The number of benzene rings is 1. The molecule has 146 valence electrons. The number of hydrogen-bond acceptors (Lipinski definition) is 6. The molecule has 8 heteroatoms. The molecule has 0 aliphatic carbocycles. The number of pyridine rings is 1. The molecule has 0 bridgehead atoms. The molecule has 2 aromatic heterocycles. The summed E-state index contributed by atoms with van der Waals surface area (Å²) in [5, 5.41) is 12.2. The monoisotopic (exact) mass is 397 g/mol. The first-order chi connectivity index (χ1) is 13.6. The van der Waals surface area contributed by atoms with Gasteiger partial charge in [-0.3, -0.25) is 9.78 Å². The second-order valence-electron chi connectivity index (χ2n) is 6.62. The fourth-order valence-corrected chi connectivity index (χ4v) is 3.41. The topological polar surface area (TPSA) is 81.9 Å². The molecule has 0 aliphatic rings. The summed E-state index contributed by atoms with van der Waals surface area (Å²) >= 11 is 1.37. The van der Waals surface area contributed by atoms with E-state index < -0.39 is 0 Å². The Kier molecular flexibility index (Phi) is 6.65. The minimum absolute atomic E-state index is 0.111. The largest absolute Gasteiger partial charge is 0.497 e. The number of hydrogen-bond donors (Lipinski definition) is 1. The number of aromatic nitrogens is 4. The lowest BCUT2D eigenvalue weighted by Crippen LogP contribution is -2.15. The fraction of sp³-hybridized carbons (Fsp3) is 0.300. The highest BCUT2D eigenvalue weighted by Gasteiger charge is 2.17. The van der Waals surface area contributed by atoms with E-state index in [1.807, 2.05) is 24.3 Å². The number of thioether (sulfide) groups is 1. The number of carbonyl (C=O) groups excluding carboxylic acids is 1. The van der Waals surface area contributed by atoms with Gasteiger partial charge in [-0.05, 0) is 30.2 Å². The number of nitrogens with one attached hydrogen (secondary N) is 1. The predicted molar refractivity (Wildman–Crippen MR) is 110 cm³/mol. The van der Waals surface area contributed by atoms with Gasteiger partial charge in [0.25, 0.3) is 0 Å². The Balaban J connectivity index is 1.77. The van der Waals surface area contributed by atoms with Crippen molar-refractivity contribution in [2.24, 2.45) is 5.92 Å². The van der Waals surface area contributed by atoms with Crippen LogP contribution in [0.5, 0.6) is 5.75 Å². The van der Waals surface area contributed by atoms with Crippen molar-refractivity contribution in [3.63, 3.8) is 0 Å². The number of methoxy groups -OCH3 is 1. The van der Waals surface area contributed by atoms with E-state index in [9.17, 15) is 4.79 Å². The second-order valence-corrected chi connectivity index (χ2v) is 7.56. The smallest absolute Gasteiger partial charge is 0.234 e. The summed E-state index contributed by atoms with van der Waals surface area (Å²) in [6.07, 6.45) is 3.28. The molecule has 2 heterocycles. The van der Waals surface area contributed by atoms with Gasteiger partial charge in [-0.1, -0.05) is 37.7 Å². The summed E-state index contributed by atoms with van der Waals surface area (Å²) in [6.45, 7) is 5.03. The van der Waals surface area contributed by atoms with E-state index >= 15 is 0 Å². The molecule has 1 aromatic carbocycles. The van der Waals surface area contributed by atoms with Gasteiger partial charge >= 0.3 is 0 Å². The molecule has 0 radical (unpaired) electrons. The lowest BCUT2D eigenvalue weighted by atomic mass is 10.2. The third-order valence-electron chi connectivity index (χ3n) is 3.87. The lowest BCUT2D eigenvalue weighted by Gasteiger charge is -2.13. The van der Waals surface area contributed by atoms with Crippen LogP contribution in [0.15, 0.2) is 53.9 Å². The van der Waals surface area contributed by atoms with Crippen LogP contribution in [0.3, 0.4) is 0 Å². The highest BCUT2D eigenvalue weighted by atomic mass is 32.2. The molecule has 3 rings (SSSR count). The Morgan fingerprint density at radius 2 is 2.11 bits per heavy atom. The molecule has 1 amide bonds. The van der Waals surface area contributed by atoms with E-state index in [-0.39, 0.29) is 11.7 Å². The molecule has 0 saturated heterocycles. The zero-order valence-electron chi connectivity index (χ0n) is 16.1.